The number of aliphatic hydroxyl groups is 1. The van der Waals surface area contributed by atoms with E-state index in [4.69, 9.17) is 5.11 Å². The van der Waals surface area contributed by atoms with Gasteiger partial charge in [0.2, 0.25) is 10.0 Å². The van der Waals surface area contributed by atoms with Crippen molar-refractivity contribution in [2.75, 3.05) is 0 Å². The normalized spacial score (nSPS) is 16.4. The molecule has 1 aliphatic carbocycles. The second kappa shape index (κ2) is 4.12. The third-order valence-corrected chi connectivity index (χ3v) is 3.90. The molecule has 1 aromatic carbocycles. The van der Waals surface area contributed by atoms with Crippen molar-refractivity contribution >= 4 is 10.0 Å². The van der Waals surface area contributed by atoms with Gasteiger partial charge in [-0.2, -0.15) is 0 Å². The van der Waals surface area contributed by atoms with Crippen molar-refractivity contribution in [3.63, 3.8) is 0 Å². The Labute approximate surface area is 93.2 Å². The number of hydrogen-bond donors (Lipinski definition) is 2. The van der Waals surface area contributed by atoms with Crippen LogP contribution in [-0.2, 0) is 16.6 Å². The zero-order valence-electron chi connectivity index (χ0n) is 8.48. The molecule has 0 unspecified atom stereocenters. The molecule has 0 bridgehead atoms. The highest BCUT2D eigenvalue weighted by molar-refractivity contribution is 7.89. The van der Waals surface area contributed by atoms with Crippen LogP contribution >= 0.6 is 0 Å². The minimum Gasteiger partial charge on any atom is -0.392 e. The maximum atomic E-state index is 13.4. The second-order valence-corrected chi connectivity index (χ2v) is 5.50. The van der Waals surface area contributed by atoms with E-state index in [1.54, 1.807) is 0 Å². The Hall–Kier alpha value is -0.980. The summed E-state index contributed by atoms with van der Waals surface area (Å²) >= 11 is 0. The highest BCUT2D eigenvalue weighted by atomic mass is 32.2. The third-order valence-electron chi connectivity index (χ3n) is 2.37. The van der Waals surface area contributed by atoms with Gasteiger partial charge in [-0.15, -0.1) is 0 Å². The molecule has 1 fully saturated rings. The Kier molecular flexibility index (Phi) is 2.96. The number of nitrogens with one attached hydrogen (secondary N) is 1. The number of benzene rings is 1. The van der Waals surface area contributed by atoms with E-state index >= 15 is 0 Å². The predicted octanol–water partition coefficient (Wildman–Crippen LogP) is 0.759. The van der Waals surface area contributed by atoms with Crippen molar-refractivity contribution in [2.45, 2.75) is 30.4 Å². The summed E-state index contributed by atoms with van der Waals surface area (Å²) in [7, 11) is -3.80. The number of halogens is 1. The van der Waals surface area contributed by atoms with E-state index < -0.39 is 20.7 Å². The van der Waals surface area contributed by atoms with Gasteiger partial charge < -0.3 is 5.11 Å². The number of rotatable bonds is 4. The van der Waals surface area contributed by atoms with Gasteiger partial charge in [-0.1, -0.05) is 6.07 Å². The largest absolute Gasteiger partial charge is 0.392 e. The molecule has 0 aliphatic heterocycles. The summed E-state index contributed by atoms with van der Waals surface area (Å²) in [5.74, 6) is -0.801. The molecule has 0 radical (unpaired) electrons. The number of sulfonamides is 1. The van der Waals surface area contributed by atoms with Crippen molar-refractivity contribution in [1.29, 1.82) is 0 Å². The molecule has 6 heteroatoms. The minimum atomic E-state index is -3.80. The highest BCUT2D eigenvalue weighted by Crippen LogP contribution is 2.23. The molecule has 0 saturated heterocycles. The summed E-state index contributed by atoms with van der Waals surface area (Å²) in [5, 5.41) is 8.88. The fourth-order valence-electron chi connectivity index (χ4n) is 1.34. The summed E-state index contributed by atoms with van der Waals surface area (Å²) in [4.78, 5) is -0.397. The summed E-state index contributed by atoms with van der Waals surface area (Å²) in [6.07, 6.45) is 1.58. The average molecular weight is 245 g/mol. The summed E-state index contributed by atoms with van der Waals surface area (Å²) < 4.78 is 39.2. The molecule has 16 heavy (non-hydrogen) atoms. The van der Waals surface area contributed by atoms with Crippen molar-refractivity contribution in [1.82, 2.24) is 4.72 Å². The Balaban J connectivity index is 2.36. The minimum absolute atomic E-state index is 0.0674. The zero-order chi connectivity index (χ0) is 11.8. The van der Waals surface area contributed by atoms with Gasteiger partial charge in [0.25, 0.3) is 0 Å². The van der Waals surface area contributed by atoms with E-state index in [0.717, 1.165) is 25.0 Å². The van der Waals surface area contributed by atoms with Crippen LogP contribution in [0.25, 0.3) is 0 Å². The lowest BCUT2D eigenvalue weighted by Crippen LogP contribution is -2.26. The van der Waals surface area contributed by atoms with Crippen molar-refractivity contribution in [2.24, 2.45) is 0 Å². The lowest BCUT2D eigenvalue weighted by atomic mass is 10.2. The fraction of sp³-hybridized carbons (Fsp3) is 0.400. The van der Waals surface area contributed by atoms with Crippen LogP contribution in [0.4, 0.5) is 4.39 Å². The van der Waals surface area contributed by atoms with Gasteiger partial charge in [0, 0.05) is 6.04 Å². The Bertz CT molecular complexity index is 497. The molecule has 0 heterocycles. The first-order valence-corrected chi connectivity index (χ1v) is 6.43. The van der Waals surface area contributed by atoms with Gasteiger partial charge in [-0.3, -0.25) is 0 Å². The molecule has 1 aromatic rings. The topological polar surface area (TPSA) is 66.4 Å². The maximum Gasteiger partial charge on any atom is 0.243 e. The average Bonchev–Trinajstić information content (AvgIpc) is 3.01. The van der Waals surface area contributed by atoms with Crippen LogP contribution < -0.4 is 4.72 Å². The Morgan fingerprint density at radius 2 is 2.12 bits per heavy atom. The van der Waals surface area contributed by atoms with E-state index in [1.807, 2.05) is 0 Å². The van der Waals surface area contributed by atoms with Gasteiger partial charge in [0.1, 0.15) is 10.7 Å². The molecule has 1 saturated carbocycles. The van der Waals surface area contributed by atoms with Gasteiger partial charge in [-0.05, 0) is 30.5 Å². The summed E-state index contributed by atoms with van der Waals surface area (Å²) in [6.45, 7) is -0.313. The molecular weight excluding hydrogens is 233 g/mol. The third kappa shape index (κ3) is 2.40. The molecule has 0 atom stereocenters. The van der Waals surface area contributed by atoms with Crippen molar-refractivity contribution in [3.05, 3.63) is 29.6 Å². The highest BCUT2D eigenvalue weighted by Gasteiger charge is 2.29. The summed E-state index contributed by atoms with van der Waals surface area (Å²) in [6, 6.07) is 3.49. The smallest absolute Gasteiger partial charge is 0.243 e. The number of hydrogen-bond acceptors (Lipinski definition) is 3. The van der Waals surface area contributed by atoms with Gasteiger partial charge >= 0.3 is 0 Å². The van der Waals surface area contributed by atoms with Crippen molar-refractivity contribution < 1.29 is 17.9 Å². The van der Waals surface area contributed by atoms with Crippen LogP contribution in [0.15, 0.2) is 23.1 Å². The first kappa shape index (κ1) is 11.5. The standard InChI is InChI=1S/C10H12FNO3S/c11-9-4-1-7(6-13)5-10(9)16(14,15)12-8-2-3-8/h1,4-5,8,12-13H,2-3,6H2. The second-order valence-electron chi connectivity index (χ2n) is 3.82. The van der Waals surface area contributed by atoms with Crippen LogP contribution in [-0.4, -0.2) is 19.6 Å². The zero-order valence-corrected chi connectivity index (χ0v) is 9.30. The van der Waals surface area contributed by atoms with E-state index in [2.05, 4.69) is 4.72 Å². The lowest BCUT2D eigenvalue weighted by molar-refractivity contribution is 0.281. The molecule has 1 aliphatic rings. The SMILES string of the molecule is O=S(=O)(NC1CC1)c1cc(CO)ccc1F. The molecule has 88 valence electrons. The Morgan fingerprint density at radius 1 is 1.44 bits per heavy atom. The quantitative estimate of drug-likeness (QED) is 0.823. The molecule has 0 aromatic heterocycles. The molecule has 0 spiro atoms. The van der Waals surface area contributed by atoms with Crippen LogP contribution in [0.5, 0.6) is 0 Å². The predicted molar refractivity (Wildman–Crippen MR) is 55.7 cm³/mol. The van der Waals surface area contributed by atoms with E-state index in [-0.39, 0.29) is 12.6 Å². The van der Waals surface area contributed by atoms with Gasteiger partial charge in [0.05, 0.1) is 6.61 Å². The molecular formula is C10H12FNO3S. The van der Waals surface area contributed by atoms with Crippen LogP contribution in [0.1, 0.15) is 18.4 Å². The van der Waals surface area contributed by atoms with E-state index in [1.165, 1.54) is 6.07 Å². The van der Waals surface area contributed by atoms with Gasteiger partial charge in [-0.25, -0.2) is 17.5 Å². The monoisotopic (exact) mass is 245 g/mol. The first-order chi connectivity index (χ1) is 7.53. The first-order valence-electron chi connectivity index (χ1n) is 4.94. The molecule has 0 amide bonds. The van der Waals surface area contributed by atoms with E-state index in [9.17, 15) is 12.8 Å². The van der Waals surface area contributed by atoms with Crippen LogP contribution in [0, 0.1) is 5.82 Å². The molecule has 2 N–H and O–H groups in total. The molecule has 2 rings (SSSR count). The summed E-state index contributed by atoms with van der Waals surface area (Å²) in [5.41, 5.74) is 0.373. The van der Waals surface area contributed by atoms with Crippen molar-refractivity contribution in [3.8, 4) is 0 Å². The molecule has 4 nitrogen and oxygen atoms in total. The lowest BCUT2D eigenvalue weighted by Gasteiger charge is -2.07. The van der Waals surface area contributed by atoms with Gasteiger partial charge in [0.15, 0.2) is 0 Å². The number of aliphatic hydroxyl groups excluding tert-OH is 1. The fourth-order valence-corrected chi connectivity index (χ4v) is 2.77. The Morgan fingerprint density at radius 3 is 2.69 bits per heavy atom. The maximum absolute atomic E-state index is 13.4. The van der Waals surface area contributed by atoms with Crippen LogP contribution in [0.3, 0.4) is 0 Å². The van der Waals surface area contributed by atoms with Crippen LogP contribution in [0.2, 0.25) is 0 Å². The van der Waals surface area contributed by atoms with E-state index in [0.29, 0.717) is 5.56 Å².